The number of nitrogens with one attached hydrogen (secondary N) is 3. The van der Waals surface area contributed by atoms with Gasteiger partial charge in [0.1, 0.15) is 5.60 Å². The van der Waals surface area contributed by atoms with Gasteiger partial charge in [-0.2, -0.15) is 5.10 Å². The maximum Gasteiger partial charge on any atom is 0.407 e. The Balaban J connectivity index is 0.00000576. The topological polar surface area (TPSA) is 92.6 Å². The number of aliphatic imine (C=N–C) groups is 1. The highest BCUT2D eigenvalue weighted by Gasteiger charge is 2.15. The second-order valence-corrected chi connectivity index (χ2v) is 6.33. The van der Waals surface area contributed by atoms with Gasteiger partial charge < -0.3 is 20.7 Å². The molecule has 0 saturated heterocycles. The minimum absolute atomic E-state index is 0. The van der Waals surface area contributed by atoms with Crippen LogP contribution in [0.25, 0.3) is 0 Å². The van der Waals surface area contributed by atoms with Crippen LogP contribution in [0, 0.1) is 0 Å². The lowest BCUT2D eigenvalue weighted by atomic mass is 10.2. The number of halogens is 1. The van der Waals surface area contributed by atoms with E-state index in [1.807, 2.05) is 37.7 Å². The number of guanidine groups is 1. The third kappa shape index (κ3) is 12.5. The van der Waals surface area contributed by atoms with E-state index in [1.165, 1.54) is 0 Å². The van der Waals surface area contributed by atoms with Crippen LogP contribution in [0.5, 0.6) is 0 Å². The molecular weight excluding hydrogens is 435 g/mol. The van der Waals surface area contributed by atoms with Crippen LogP contribution in [0.1, 0.15) is 33.6 Å². The van der Waals surface area contributed by atoms with E-state index in [0.717, 1.165) is 31.9 Å². The molecule has 1 aromatic rings. The van der Waals surface area contributed by atoms with E-state index in [4.69, 9.17) is 4.74 Å². The summed E-state index contributed by atoms with van der Waals surface area (Å²) >= 11 is 0. The van der Waals surface area contributed by atoms with E-state index in [9.17, 15) is 4.79 Å². The van der Waals surface area contributed by atoms with Crippen molar-refractivity contribution in [2.24, 2.45) is 4.99 Å². The van der Waals surface area contributed by atoms with E-state index < -0.39 is 5.60 Å². The van der Waals surface area contributed by atoms with Crippen molar-refractivity contribution in [1.29, 1.82) is 0 Å². The SMILES string of the molecule is CN=C(NCCCNC(=O)OC(C)(C)C)NCCCn1cccn1.I. The first-order chi connectivity index (χ1) is 11.4. The second-order valence-electron chi connectivity index (χ2n) is 6.33. The van der Waals surface area contributed by atoms with Gasteiger partial charge in [0.25, 0.3) is 0 Å². The number of amides is 1. The maximum atomic E-state index is 11.5. The molecule has 0 fully saturated rings. The quantitative estimate of drug-likeness (QED) is 0.236. The Hall–Kier alpha value is -1.52. The van der Waals surface area contributed by atoms with Crippen LogP contribution in [-0.4, -0.2) is 54.1 Å². The first kappa shape index (κ1) is 23.5. The first-order valence-electron chi connectivity index (χ1n) is 8.29. The number of nitrogens with zero attached hydrogens (tertiary/aromatic N) is 3. The lowest BCUT2D eigenvalue weighted by Gasteiger charge is -2.19. The molecule has 25 heavy (non-hydrogen) atoms. The summed E-state index contributed by atoms with van der Waals surface area (Å²) in [7, 11) is 1.74. The van der Waals surface area contributed by atoms with Gasteiger partial charge in [0, 0.05) is 45.6 Å². The molecule has 0 atom stereocenters. The molecule has 8 nitrogen and oxygen atoms in total. The number of rotatable bonds is 8. The van der Waals surface area contributed by atoms with Gasteiger partial charge in [-0.3, -0.25) is 9.67 Å². The summed E-state index contributed by atoms with van der Waals surface area (Å²) < 4.78 is 7.07. The Labute approximate surface area is 167 Å². The minimum atomic E-state index is -0.468. The summed E-state index contributed by atoms with van der Waals surface area (Å²) in [5.74, 6) is 0.757. The van der Waals surface area contributed by atoms with E-state index in [1.54, 1.807) is 13.2 Å². The van der Waals surface area contributed by atoms with E-state index >= 15 is 0 Å². The van der Waals surface area contributed by atoms with Crippen LogP contribution in [0.15, 0.2) is 23.5 Å². The average molecular weight is 466 g/mol. The number of aromatic nitrogens is 2. The smallest absolute Gasteiger partial charge is 0.407 e. The number of hydrogen-bond donors (Lipinski definition) is 3. The number of aryl methyl sites for hydroxylation is 1. The largest absolute Gasteiger partial charge is 0.444 e. The zero-order valence-electron chi connectivity index (χ0n) is 15.5. The Morgan fingerprint density at radius 2 is 1.80 bits per heavy atom. The van der Waals surface area contributed by atoms with Crippen molar-refractivity contribution in [1.82, 2.24) is 25.7 Å². The van der Waals surface area contributed by atoms with Crippen LogP contribution in [0.4, 0.5) is 4.79 Å². The van der Waals surface area contributed by atoms with E-state index in [-0.39, 0.29) is 30.1 Å². The third-order valence-corrected chi connectivity index (χ3v) is 2.95. The Morgan fingerprint density at radius 1 is 1.16 bits per heavy atom. The van der Waals surface area contributed by atoms with Crippen molar-refractivity contribution >= 4 is 36.0 Å². The molecule has 0 aliphatic rings. The molecule has 3 N–H and O–H groups in total. The van der Waals surface area contributed by atoms with Crippen molar-refractivity contribution < 1.29 is 9.53 Å². The van der Waals surface area contributed by atoms with Gasteiger partial charge in [-0.05, 0) is 39.7 Å². The van der Waals surface area contributed by atoms with Crippen molar-refractivity contribution in [3.05, 3.63) is 18.5 Å². The van der Waals surface area contributed by atoms with Crippen LogP contribution in [-0.2, 0) is 11.3 Å². The minimum Gasteiger partial charge on any atom is -0.444 e. The fourth-order valence-electron chi connectivity index (χ4n) is 1.90. The van der Waals surface area contributed by atoms with Gasteiger partial charge in [-0.15, -0.1) is 24.0 Å². The van der Waals surface area contributed by atoms with Gasteiger partial charge >= 0.3 is 6.09 Å². The predicted octanol–water partition coefficient (Wildman–Crippen LogP) is 1.97. The van der Waals surface area contributed by atoms with Gasteiger partial charge in [-0.1, -0.05) is 0 Å². The predicted molar refractivity (Wildman–Crippen MR) is 110 cm³/mol. The molecule has 1 rings (SSSR count). The Bertz CT molecular complexity index is 499. The van der Waals surface area contributed by atoms with E-state index in [0.29, 0.717) is 13.1 Å². The third-order valence-electron chi connectivity index (χ3n) is 2.95. The summed E-state index contributed by atoms with van der Waals surface area (Å²) in [6, 6.07) is 1.92. The lowest BCUT2D eigenvalue weighted by Crippen LogP contribution is -2.39. The molecule has 0 aliphatic heterocycles. The molecule has 0 spiro atoms. The Morgan fingerprint density at radius 3 is 2.36 bits per heavy atom. The molecule has 0 saturated carbocycles. The molecule has 1 amide bonds. The van der Waals surface area contributed by atoms with Gasteiger partial charge in [0.05, 0.1) is 0 Å². The maximum absolute atomic E-state index is 11.5. The summed E-state index contributed by atoms with van der Waals surface area (Å²) in [6.45, 7) is 8.49. The number of alkyl carbamates (subject to hydrolysis) is 1. The lowest BCUT2D eigenvalue weighted by molar-refractivity contribution is 0.0527. The van der Waals surface area contributed by atoms with Crippen LogP contribution in [0.2, 0.25) is 0 Å². The van der Waals surface area contributed by atoms with Gasteiger partial charge in [0.2, 0.25) is 0 Å². The fourth-order valence-corrected chi connectivity index (χ4v) is 1.90. The highest BCUT2D eigenvalue weighted by atomic mass is 127. The number of hydrogen-bond acceptors (Lipinski definition) is 4. The molecule has 0 aromatic carbocycles. The van der Waals surface area contributed by atoms with Crippen LogP contribution in [0.3, 0.4) is 0 Å². The molecule has 0 unspecified atom stereocenters. The highest BCUT2D eigenvalue weighted by Crippen LogP contribution is 2.06. The second kappa shape index (κ2) is 12.8. The number of ether oxygens (including phenoxy) is 1. The average Bonchev–Trinajstić information content (AvgIpc) is 3.00. The molecule has 144 valence electrons. The normalized spacial score (nSPS) is 11.4. The standard InChI is InChI=1S/C16H30N6O2.HI/c1-16(2,3)24-15(23)20-9-5-8-18-14(17-4)19-10-6-12-22-13-7-11-21-22;/h7,11,13H,5-6,8-10,12H2,1-4H3,(H,20,23)(H2,17,18,19);1H. The molecule has 0 aliphatic carbocycles. The molecule has 9 heteroatoms. The van der Waals surface area contributed by atoms with Crippen molar-refractivity contribution in [2.45, 2.75) is 45.8 Å². The summed E-state index contributed by atoms with van der Waals surface area (Å²) in [5.41, 5.74) is -0.468. The fraction of sp³-hybridized carbons (Fsp3) is 0.688. The van der Waals surface area contributed by atoms with Gasteiger partial charge in [-0.25, -0.2) is 4.79 Å². The molecule has 0 radical (unpaired) electrons. The van der Waals surface area contributed by atoms with Crippen molar-refractivity contribution in [2.75, 3.05) is 26.7 Å². The molecule has 1 heterocycles. The van der Waals surface area contributed by atoms with Crippen molar-refractivity contribution in [3.8, 4) is 0 Å². The van der Waals surface area contributed by atoms with Crippen molar-refractivity contribution in [3.63, 3.8) is 0 Å². The molecule has 0 bridgehead atoms. The zero-order valence-corrected chi connectivity index (χ0v) is 17.9. The van der Waals surface area contributed by atoms with Gasteiger partial charge in [0.15, 0.2) is 5.96 Å². The number of carbonyl (C=O) groups is 1. The van der Waals surface area contributed by atoms with Crippen LogP contribution >= 0.6 is 24.0 Å². The highest BCUT2D eigenvalue weighted by molar-refractivity contribution is 14.0. The summed E-state index contributed by atoms with van der Waals surface area (Å²) in [5, 5.41) is 13.3. The Kier molecular flexibility index (Phi) is 12.0. The first-order valence-corrected chi connectivity index (χ1v) is 8.29. The molecule has 1 aromatic heterocycles. The van der Waals surface area contributed by atoms with Crippen LogP contribution < -0.4 is 16.0 Å². The monoisotopic (exact) mass is 466 g/mol. The molecular formula is C16H31IN6O2. The zero-order chi connectivity index (χ0) is 17.8. The number of carbonyl (C=O) groups excluding carboxylic acids is 1. The summed E-state index contributed by atoms with van der Waals surface area (Å²) in [6.07, 6.45) is 5.09. The van der Waals surface area contributed by atoms with E-state index in [2.05, 4.69) is 26.0 Å². The summed E-state index contributed by atoms with van der Waals surface area (Å²) in [4.78, 5) is 15.7.